The zero-order valence-corrected chi connectivity index (χ0v) is 6.06. The maximum absolute atomic E-state index is 2.54. The van der Waals surface area contributed by atoms with Gasteiger partial charge in [0.2, 0.25) is 0 Å². The molecule has 0 saturated carbocycles. The lowest BCUT2D eigenvalue weighted by Gasteiger charge is -2.43. The normalized spacial score (nSPS) is 43.7. The lowest BCUT2D eigenvalue weighted by Crippen LogP contribution is -2.42. The standard InChI is InChI=1S/C8H14N/c1-7-6-8-2-4-9(7)5-3-8/h8H,2-6H2,1H3. The molecule has 3 saturated heterocycles. The maximum Gasteiger partial charge on any atom is 0.0365 e. The molecule has 2 bridgehead atoms. The van der Waals surface area contributed by atoms with Gasteiger partial charge in [0.15, 0.2) is 0 Å². The van der Waals surface area contributed by atoms with Gasteiger partial charge in [-0.25, -0.2) is 0 Å². The van der Waals surface area contributed by atoms with Gasteiger partial charge in [-0.05, 0) is 45.2 Å². The van der Waals surface area contributed by atoms with E-state index in [2.05, 4.69) is 11.8 Å². The summed E-state index contributed by atoms with van der Waals surface area (Å²) in [6.07, 6.45) is 4.30. The predicted octanol–water partition coefficient (Wildman–Crippen LogP) is 1.65. The highest BCUT2D eigenvalue weighted by Crippen LogP contribution is 2.35. The maximum atomic E-state index is 2.54. The molecule has 0 atom stereocenters. The summed E-state index contributed by atoms with van der Waals surface area (Å²) >= 11 is 0. The van der Waals surface area contributed by atoms with E-state index in [0.717, 1.165) is 5.92 Å². The van der Waals surface area contributed by atoms with Crippen LogP contribution in [0.25, 0.3) is 0 Å². The van der Waals surface area contributed by atoms with Crippen molar-refractivity contribution < 1.29 is 0 Å². The van der Waals surface area contributed by atoms with E-state index >= 15 is 0 Å². The summed E-state index contributed by atoms with van der Waals surface area (Å²) < 4.78 is 0. The molecule has 0 aromatic rings. The Bertz CT molecular complexity index is 103. The SMILES string of the molecule is C[C]1CC2CCN1CC2. The lowest BCUT2D eigenvalue weighted by molar-refractivity contribution is 0.118. The van der Waals surface area contributed by atoms with E-state index in [9.17, 15) is 0 Å². The van der Waals surface area contributed by atoms with Crippen molar-refractivity contribution in [3.05, 3.63) is 6.04 Å². The van der Waals surface area contributed by atoms with Crippen molar-refractivity contribution in [2.45, 2.75) is 26.2 Å². The van der Waals surface area contributed by atoms with Crippen LogP contribution < -0.4 is 0 Å². The molecule has 0 aromatic carbocycles. The van der Waals surface area contributed by atoms with Crippen molar-refractivity contribution in [2.24, 2.45) is 5.92 Å². The smallest absolute Gasteiger partial charge is 0.0365 e. The fraction of sp³-hybridized carbons (Fsp3) is 0.875. The Kier molecular flexibility index (Phi) is 1.26. The molecule has 1 heteroatoms. The molecule has 0 unspecified atom stereocenters. The van der Waals surface area contributed by atoms with Crippen LogP contribution in [-0.4, -0.2) is 18.0 Å². The van der Waals surface area contributed by atoms with Crippen LogP contribution in [0.2, 0.25) is 0 Å². The second kappa shape index (κ2) is 1.98. The monoisotopic (exact) mass is 124 g/mol. The number of hydrogen-bond acceptors (Lipinski definition) is 1. The number of fused-ring (bicyclic) bond motifs is 3. The minimum atomic E-state index is 1.05. The highest BCUT2D eigenvalue weighted by atomic mass is 15.2. The van der Waals surface area contributed by atoms with E-state index in [1.165, 1.54) is 32.4 Å². The van der Waals surface area contributed by atoms with Crippen molar-refractivity contribution in [3.63, 3.8) is 0 Å². The third-order valence-corrected chi connectivity index (χ3v) is 2.74. The molecule has 3 fully saturated rings. The van der Waals surface area contributed by atoms with E-state index < -0.39 is 0 Å². The number of nitrogens with zero attached hydrogens (tertiary/aromatic N) is 1. The summed E-state index contributed by atoms with van der Waals surface area (Å²) in [6, 6.07) is 1.64. The molecule has 3 heterocycles. The van der Waals surface area contributed by atoms with Crippen molar-refractivity contribution in [3.8, 4) is 0 Å². The molecule has 3 aliphatic heterocycles. The number of rotatable bonds is 0. The van der Waals surface area contributed by atoms with Gasteiger partial charge in [0, 0.05) is 6.04 Å². The minimum Gasteiger partial charge on any atom is -0.296 e. The molecule has 1 radical (unpaired) electrons. The lowest BCUT2D eigenvalue weighted by atomic mass is 9.84. The van der Waals surface area contributed by atoms with Crippen LogP contribution in [0.1, 0.15) is 26.2 Å². The molecule has 0 aromatic heterocycles. The summed E-state index contributed by atoms with van der Waals surface area (Å²) in [5.41, 5.74) is 0. The molecular weight excluding hydrogens is 110 g/mol. The van der Waals surface area contributed by atoms with Crippen LogP contribution >= 0.6 is 0 Å². The van der Waals surface area contributed by atoms with E-state index in [1.807, 2.05) is 0 Å². The molecule has 3 aliphatic rings. The Morgan fingerprint density at radius 3 is 2.22 bits per heavy atom. The Morgan fingerprint density at radius 1 is 1.33 bits per heavy atom. The highest BCUT2D eigenvalue weighted by molar-refractivity contribution is 4.96. The van der Waals surface area contributed by atoms with E-state index in [4.69, 9.17) is 0 Å². The first-order chi connectivity index (χ1) is 4.36. The third-order valence-electron chi connectivity index (χ3n) is 2.74. The predicted molar refractivity (Wildman–Crippen MR) is 37.8 cm³/mol. The average molecular weight is 124 g/mol. The van der Waals surface area contributed by atoms with Gasteiger partial charge in [-0.15, -0.1) is 0 Å². The Morgan fingerprint density at radius 2 is 2.00 bits per heavy atom. The summed E-state index contributed by atoms with van der Waals surface area (Å²) in [7, 11) is 0. The minimum absolute atomic E-state index is 1.05. The Labute approximate surface area is 57.0 Å². The first-order valence-corrected chi connectivity index (χ1v) is 3.93. The first-order valence-electron chi connectivity index (χ1n) is 3.93. The summed E-state index contributed by atoms with van der Waals surface area (Å²) in [6.45, 7) is 4.97. The van der Waals surface area contributed by atoms with Gasteiger partial charge < -0.3 is 0 Å². The molecule has 0 aliphatic carbocycles. The summed E-state index contributed by atoms with van der Waals surface area (Å²) in [5.74, 6) is 1.05. The van der Waals surface area contributed by atoms with Crippen molar-refractivity contribution in [1.82, 2.24) is 4.90 Å². The van der Waals surface area contributed by atoms with Gasteiger partial charge in [0.1, 0.15) is 0 Å². The van der Waals surface area contributed by atoms with Crippen LogP contribution in [0.5, 0.6) is 0 Å². The van der Waals surface area contributed by atoms with Crippen LogP contribution in [0, 0.1) is 12.0 Å². The zero-order chi connectivity index (χ0) is 6.27. The summed E-state index contributed by atoms with van der Waals surface area (Å²) in [4.78, 5) is 2.54. The van der Waals surface area contributed by atoms with E-state index in [1.54, 1.807) is 6.04 Å². The summed E-state index contributed by atoms with van der Waals surface area (Å²) in [5, 5.41) is 0. The molecule has 3 rings (SSSR count). The van der Waals surface area contributed by atoms with Crippen LogP contribution in [-0.2, 0) is 0 Å². The quantitative estimate of drug-likeness (QED) is 0.474. The fourth-order valence-electron chi connectivity index (χ4n) is 2.07. The Balaban J connectivity index is 2.06. The van der Waals surface area contributed by atoms with Crippen LogP contribution in [0.4, 0.5) is 0 Å². The number of piperidine rings is 3. The largest absolute Gasteiger partial charge is 0.296 e. The molecule has 51 valence electrons. The second-order valence-electron chi connectivity index (χ2n) is 3.37. The Hall–Kier alpha value is -0.0400. The van der Waals surface area contributed by atoms with E-state index in [-0.39, 0.29) is 0 Å². The van der Waals surface area contributed by atoms with Gasteiger partial charge in [-0.3, -0.25) is 4.90 Å². The zero-order valence-electron chi connectivity index (χ0n) is 6.06. The van der Waals surface area contributed by atoms with Crippen LogP contribution in [0.15, 0.2) is 0 Å². The first kappa shape index (κ1) is 5.72. The van der Waals surface area contributed by atoms with Crippen molar-refractivity contribution in [2.75, 3.05) is 13.1 Å². The van der Waals surface area contributed by atoms with Gasteiger partial charge in [0.25, 0.3) is 0 Å². The number of hydrogen-bond donors (Lipinski definition) is 0. The van der Waals surface area contributed by atoms with Gasteiger partial charge in [-0.2, -0.15) is 0 Å². The van der Waals surface area contributed by atoms with Gasteiger partial charge in [-0.1, -0.05) is 0 Å². The molecule has 1 nitrogen and oxygen atoms in total. The molecule has 0 N–H and O–H groups in total. The topological polar surface area (TPSA) is 3.24 Å². The van der Waals surface area contributed by atoms with Gasteiger partial charge >= 0.3 is 0 Å². The second-order valence-corrected chi connectivity index (χ2v) is 3.37. The molecule has 9 heavy (non-hydrogen) atoms. The highest BCUT2D eigenvalue weighted by Gasteiger charge is 2.30. The van der Waals surface area contributed by atoms with Crippen molar-refractivity contribution >= 4 is 0 Å². The molecule has 0 spiro atoms. The van der Waals surface area contributed by atoms with Crippen molar-refractivity contribution in [1.29, 1.82) is 0 Å². The average Bonchev–Trinajstić information content (AvgIpc) is 1.90. The molecule has 0 amide bonds. The van der Waals surface area contributed by atoms with Crippen LogP contribution in [0.3, 0.4) is 0 Å². The van der Waals surface area contributed by atoms with Gasteiger partial charge in [0.05, 0.1) is 0 Å². The van der Waals surface area contributed by atoms with E-state index in [0.29, 0.717) is 0 Å². The fourth-order valence-corrected chi connectivity index (χ4v) is 2.07. The third kappa shape index (κ3) is 0.877. The molecular formula is C8H14N.